The number of amides is 2. The second kappa shape index (κ2) is 9.24. The quantitative estimate of drug-likeness (QED) is 0.725. The van der Waals surface area contributed by atoms with Crippen molar-refractivity contribution >= 4 is 35.2 Å². The summed E-state index contributed by atoms with van der Waals surface area (Å²) in [6.45, 7) is 2.29. The Morgan fingerprint density at radius 3 is 2.86 bits per heavy atom. The second-order valence-electron chi connectivity index (χ2n) is 6.30. The summed E-state index contributed by atoms with van der Waals surface area (Å²) >= 11 is 5.99. The minimum Gasteiger partial charge on any atom is -0.488 e. The summed E-state index contributed by atoms with van der Waals surface area (Å²) in [5, 5.41) is 6.02. The van der Waals surface area contributed by atoms with E-state index in [2.05, 4.69) is 10.6 Å². The highest BCUT2D eigenvalue weighted by Gasteiger charge is 2.11. The Kier molecular flexibility index (Phi) is 6.50. The molecule has 0 bridgehead atoms. The molecule has 1 heterocycles. The van der Waals surface area contributed by atoms with Crippen LogP contribution in [0.1, 0.15) is 18.1 Å². The van der Waals surface area contributed by atoms with Gasteiger partial charge in [-0.2, -0.15) is 0 Å². The molecule has 0 saturated heterocycles. The fraction of sp³-hybridized carbons (Fsp3) is 0.182. The first kappa shape index (κ1) is 19.7. The molecule has 144 valence electrons. The number of anilines is 1. The standard InChI is InChI=1S/C22H21ClN2O3/c1-2-16-5-3-4-6-19(16)25-22(27)13-24-21(26)10-7-15-11-17-12-18(23)8-9-20(17)28-14-15/h3-12H,2,13-14H2,1H3,(H,24,26)(H,25,27)/b10-7+. The van der Waals surface area contributed by atoms with Crippen LogP contribution in [0.4, 0.5) is 5.69 Å². The van der Waals surface area contributed by atoms with Gasteiger partial charge in [0.25, 0.3) is 0 Å². The number of fused-ring (bicyclic) bond motifs is 1. The number of halogens is 1. The Balaban J connectivity index is 1.52. The fourth-order valence-corrected chi connectivity index (χ4v) is 3.00. The van der Waals surface area contributed by atoms with E-state index in [0.29, 0.717) is 11.6 Å². The molecule has 2 N–H and O–H groups in total. The molecule has 0 spiro atoms. The van der Waals surface area contributed by atoms with Gasteiger partial charge in [-0.1, -0.05) is 42.8 Å². The summed E-state index contributed by atoms with van der Waals surface area (Å²) in [6.07, 6.45) is 5.79. The van der Waals surface area contributed by atoms with E-state index in [9.17, 15) is 9.59 Å². The molecule has 0 atom stereocenters. The smallest absolute Gasteiger partial charge is 0.244 e. The molecule has 28 heavy (non-hydrogen) atoms. The summed E-state index contributed by atoms with van der Waals surface area (Å²) in [7, 11) is 0. The maximum Gasteiger partial charge on any atom is 0.244 e. The normalized spacial score (nSPS) is 12.7. The first-order valence-electron chi connectivity index (χ1n) is 9.01. The maximum atomic E-state index is 12.1. The van der Waals surface area contributed by atoms with Crippen LogP contribution >= 0.6 is 11.6 Å². The predicted molar refractivity (Wildman–Crippen MR) is 112 cm³/mol. The summed E-state index contributed by atoms with van der Waals surface area (Å²) in [5.41, 5.74) is 3.52. The zero-order chi connectivity index (χ0) is 19.9. The van der Waals surface area contributed by atoms with Gasteiger partial charge in [-0.3, -0.25) is 9.59 Å². The van der Waals surface area contributed by atoms with Gasteiger partial charge in [0.15, 0.2) is 0 Å². The highest BCUT2D eigenvalue weighted by molar-refractivity contribution is 6.30. The maximum absolute atomic E-state index is 12.1. The molecular formula is C22H21ClN2O3. The molecule has 0 fully saturated rings. The SMILES string of the molecule is CCc1ccccc1NC(=O)CNC(=O)/C=C/C1=Cc2cc(Cl)ccc2OC1. The Morgan fingerprint density at radius 1 is 1.21 bits per heavy atom. The molecular weight excluding hydrogens is 376 g/mol. The number of carbonyl (C=O) groups is 2. The van der Waals surface area contributed by atoms with Crippen LogP contribution < -0.4 is 15.4 Å². The molecule has 2 aromatic rings. The van der Waals surface area contributed by atoms with Crippen molar-refractivity contribution in [3.63, 3.8) is 0 Å². The van der Waals surface area contributed by atoms with Crippen molar-refractivity contribution in [1.82, 2.24) is 5.32 Å². The van der Waals surface area contributed by atoms with E-state index in [1.165, 1.54) is 6.08 Å². The van der Waals surface area contributed by atoms with Crippen molar-refractivity contribution in [2.45, 2.75) is 13.3 Å². The van der Waals surface area contributed by atoms with Gasteiger partial charge in [0, 0.05) is 22.3 Å². The predicted octanol–water partition coefficient (Wildman–Crippen LogP) is 3.99. The number of nitrogens with one attached hydrogen (secondary N) is 2. The van der Waals surface area contributed by atoms with Crippen LogP contribution in [0.5, 0.6) is 5.75 Å². The number of hydrogen-bond acceptors (Lipinski definition) is 3. The van der Waals surface area contributed by atoms with Crippen molar-refractivity contribution in [2.24, 2.45) is 0 Å². The van der Waals surface area contributed by atoms with Crippen molar-refractivity contribution in [3.8, 4) is 5.75 Å². The van der Waals surface area contributed by atoms with Crippen LogP contribution in [0.15, 0.2) is 60.2 Å². The van der Waals surface area contributed by atoms with E-state index >= 15 is 0 Å². The summed E-state index contributed by atoms with van der Waals surface area (Å²) in [6, 6.07) is 13.0. The summed E-state index contributed by atoms with van der Waals surface area (Å²) in [4.78, 5) is 24.1. The number of aryl methyl sites for hydroxylation is 1. The molecule has 0 radical (unpaired) electrons. The van der Waals surface area contributed by atoms with Gasteiger partial charge in [0.1, 0.15) is 12.4 Å². The largest absolute Gasteiger partial charge is 0.488 e. The van der Waals surface area contributed by atoms with E-state index in [4.69, 9.17) is 16.3 Å². The molecule has 0 aliphatic carbocycles. The van der Waals surface area contributed by atoms with Crippen LogP contribution in [0.25, 0.3) is 6.08 Å². The Bertz CT molecular complexity index is 951. The number of para-hydroxylation sites is 1. The van der Waals surface area contributed by atoms with Crippen molar-refractivity contribution < 1.29 is 14.3 Å². The number of carbonyl (C=O) groups excluding carboxylic acids is 2. The number of ether oxygens (including phenoxy) is 1. The number of rotatable bonds is 6. The van der Waals surface area contributed by atoms with Crippen molar-refractivity contribution in [1.29, 1.82) is 0 Å². The van der Waals surface area contributed by atoms with Crippen LogP contribution in [0.2, 0.25) is 5.02 Å². The first-order valence-corrected chi connectivity index (χ1v) is 9.39. The average Bonchev–Trinajstić information content (AvgIpc) is 2.70. The third-order valence-electron chi connectivity index (χ3n) is 4.25. The van der Waals surface area contributed by atoms with Crippen LogP contribution in [0.3, 0.4) is 0 Å². The molecule has 0 saturated carbocycles. The van der Waals surface area contributed by atoms with E-state index in [1.807, 2.05) is 49.4 Å². The van der Waals surface area contributed by atoms with Gasteiger partial charge in [-0.15, -0.1) is 0 Å². The fourth-order valence-electron chi connectivity index (χ4n) is 2.82. The lowest BCUT2D eigenvalue weighted by Crippen LogP contribution is -2.32. The van der Waals surface area contributed by atoms with E-state index < -0.39 is 0 Å². The molecule has 0 unspecified atom stereocenters. The van der Waals surface area contributed by atoms with Gasteiger partial charge >= 0.3 is 0 Å². The van der Waals surface area contributed by atoms with Crippen LogP contribution in [-0.4, -0.2) is 25.0 Å². The minimum atomic E-state index is -0.350. The highest BCUT2D eigenvalue weighted by Crippen LogP contribution is 2.29. The molecule has 2 aromatic carbocycles. The van der Waals surface area contributed by atoms with Crippen LogP contribution in [-0.2, 0) is 16.0 Å². The Morgan fingerprint density at radius 2 is 2.04 bits per heavy atom. The van der Waals surface area contributed by atoms with Gasteiger partial charge < -0.3 is 15.4 Å². The molecule has 1 aliphatic heterocycles. The van der Waals surface area contributed by atoms with Crippen LogP contribution in [0, 0.1) is 0 Å². The van der Waals surface area contributed by atoms with Gasteiger partial charge in [-0.25, -0.2) is 0 Å². The highest BCUT2D eigenvalue weighted by atomic mass is 35.5. The number of benzene rings is 2. The lowest BCUT2D eigenvalue weighted by atomic mass is 10.1. The Labute approximate surface area is 169 Å². The molecule has 5 nitrogen and oxygen atoms in total. The summed E-state index contributed by atoms with van der Waals surface area (Å²) < 4.78 is 5.64. The van der Waals surface area contributed by atoms with Crippen molar-refractivity contribution in [2.75, 3.05) is 18.5 Å². The molecule has 0 aromatic heterocycles. The van der Waals surface area contributed by atoms with E-state index in [-0.39, 0.29) is 18.4 Å². The molecule has 1 aliphatic rings. The van der Waals surface area contributed by atoms with E-state index in [0.717, 1.165) is 34.6 Å². The monoisotopic (exact) mass is 396 g/mol. The summed E-state index contributed by atoms with van der Waals surface area (Å²) in [5.74, 6) is 0.137. The molecule has 6 heteroatoms. The van der Waals surface area contributed by atoms with Gasteiger partial charge in [0.05, 0.1) is 6.54 Å². The van der Waals surface area contributed by atoms with E-state index in [1.54, 1.807) is 12.1 Å². The zero-order valence-electron chi connectivity index (χ0n) is 15.5. The number of hydrogen-bond donors (Lipinski definition) is 2. The first-order chi connectivity index (χ1) is 13.5. The van der Waals surface area contributed by atoms with Gasteiger partial charge in [0.2, 0.25) is 11.8 Å². The third kappa shape index (κ3) is 5.24. The lowest BCUT2D eigenvalue weighted by Gasteiger charge is -2.16. The van der Waals surface area contributed by atoms with Gasteiger partial charge in [-0.05, 0) is 47.9 Å². The third-order valence-corrected chi connectivity index (χ3v) is 4.49. The lowest BCUT2D eigenvalue weighted by molar-refractivity contribution is -0.121. The minimum absolute atomic E-state index is 0.102. The molecule has 3 rings (SSSR count). The Hall–Kier alpha value is -3.05. The average molecular weight is 397 g/mol. The van der Waals surface area contributed by atoms with Crippen molar-refractivity contribution in [3.05, 3.63) is 76.3 Å². The topological polar surface area (TPSA) is 67.4 Å². The zero-order valence-corrected chi connectivity index (χ0v) is 16.3. The molecule has 2 amide bonds. The second-order valence-corrected chi connectivity index (χ2v) is 6.74.